The zero-order valence-corrected chi connectivity index (χ0v) is 11.9. The molecule has 3 N–H and O–H groups in total. The molecule has 96 valence electrons. The van der Waals surface area contributed by atoms with Gasteiger partial charge < -0.3 is 11.1 Å². The van der Waals surface area contributed by atoms with Crippen molar-refractivity contribution in [2.24, 2.45) is 5.92 Å². The van der Waals surface area contributed by atoms with Gasteiger partial charge in [-0.2, -0.15) is 0 Å². The van der Waals surface area contributed by atoms with Crippen LogP contribution in [-0.4, -0.2) is 4.98 Å². The Hall–Kier alpha value is -1.26. The monoisotopic (exact) mass is 281 g/mol. The molecule has 2 rings (SSSR count). The fraction of sp³-hybridized carbons (Fsp3) is 0.308. The van der Waals surface area contributed by atoms with Gasteiger partial charge in [-0.15, -0.1) is 11.3 Å². The van der Waals surface area contributed by atoms with Crippen molar-refractivity contribution in [1.29, 1.82) is 0 Å². The first kappa shape index (κ1) is 13.2. The highest BCUT2D eigenvalue weighted by atomic mass is 35.5. The second-order valence-corrected chi connectivity index (χ2v) is 5.82. The highest BCUT2D eigenvalue weighted by Crippen LogP contribution is 2.31. The summed E-state index contributed by atoms with van der Waals surface area (Å²) in [6.07, 6.45) is 0. The molecule has 2 aromatic rings. The first-order valence-corrected chi connectivity index (χ1v) is 7.05. The molecule has 0 aromatic carbocycles. The molecule has 0 spiro atoms. The number of nitrogens with two attached hydrogens (primary N) is 1. The zero-order valence-electron chi connectivity index (χ0n) is 10.4. The standard InChI is InChI=1S/C13H16ClN3S/c1-8(2)12(10-4-3-7-18-10)17-13-9(15)5-6-11(14)16-13/h3-8,12H,15H2,1-2H3,(H,16,17). The Balaban J connectivity index is 2.27. The van der Waals surface area contributed by atoms with Crippen molar-refractivity contribution in [1.82, 2.24) is 4.98 Å². The Morgan fingerprint density at radius 1 is 1.33 bits per heavy atom. The van der Waals surface area contributed by atoms with E-state index in [0.29, 0.717) is 22.6 Å². The Kier molecular flexibility index (Phi) is 4.09. The fourth-order valence-electron chi connectivity index (χ4n) is 1.74. The maximum absolute atomic E-state index is 5.91. The number of nitrogen functional groups attached to an aromatic ring is 1. The molecule has 0 fully saturated rings. The summed E-state index contributed by atoms with van der Waals surface area (Å²) < 4.78 is 0. The smallest absolute Gasteiger partial charge is 0.151 e. The van der Waals surface area contributed by atoms with Crippen molar-refractivity contribution in [2.75, 3.05) is 11.1 Å². The number of pyridine rings is 1. The van der Waals surface area contributed by atoms with E-state index < -0.39 is 0 Å². The van der Waals surface area contributed by atoms with Crippen molar-refractivity contribution in [3.63, 3.8) is 0 Å². The van der Waals surface area contributed by atoms with Gasteiger partial charge in [-0.3, -0.25) is 0 Å². The van der Waals surface area contributed by atoms with Gasteiger partial charge in [0.25, 0.3) is 0 Å². The summed E-state index contributed by atoms with van der Waals surface area (Å²) in [5.74, 6) is 1.08. The van der Waals surface area contributed by atoms with Crippen molar-refractivity contribution in [3.05, 3.63) is 39.7 Å². The number of aromatic nitrogens is 1. The number of anilines is 2. The molecule has 2 aromatic heterocycles. The van der Waals surface area contributed by atoms with Gasteiger partial charge in [0.2, 0.25) is 0 Å². The lowest BCUT2D eigenvalue weighted by molar-refractivity contribution is 0.552. The average Bonchev–Trinajstić information content (AvgIpc) is 2.83. The van der Waals surface area contributed by atoms with Crippen LogP contribution in [0.1, 0.15) is 24.8 Å². The Morgan fingerprint density at radius 3 is 2.72 bits per heavy atom. The van der Waals surface area contributed by atoms with Gasteiger partial charge in [0.05, 0.1) is 11.7 Å². The second-order valence-electron chi connectivity index (χ2n) is 4.45. The molecule has 1 unspecified atom stereocenters. The van der Waals surface area contributed by atoms with Gasteiger partial charge in [0.15, 0.2) is 5.82 Å². The average molecular weight is 282 g/mol. The molecular formula is C13H16ClN3S. The molecule has 3 nitrogen and oxygen atoms in total. The number of rotatable bonds is 4. The maximum atomic E-state index is 5.91. The number of hydrogen-bond donors (Lipinski definition) is 2. The number of thiophene rings is 1. The van der Waals surface area contributed by atoms with Gasteiger partial charge in [-0.1, -0.05) is 31.5 Å². The van der Waals surface area contributed by atoms with Crippen LogP contribution in [0.25, 0.3) is 0 Å². The lowest BCUT2D eigenvalue weighted by atomic mass is 10.0. The summed E-state index contributed by atoms with van der Waals surface area (Å²) in [6.45, 7) is 4.33. The minimum absolute atomic E-state index is 0.193. The van der Waals surface area contributed by atoms with Gasteiger partial charge in [0.1, 0.15) is 5.15 Å². The van der Waals surface area contributed by atoms with E-state index in [1.165, 1.54) is 4.88 Å². The first-order chi connectivity index (χ1) is 8.58. The van der Waals surface area contributed by atoms with Gasteiger partial charge >= 0.3 is 0 Å². The topological polar surface area (TPSA) is 50.9 Å². The van der Waals surface area contributed by atoms with Gasteiger partial charge in [-0.05, 0) is 29.5 Å². The molecule has 0 bridgehead atoms. The highest BCUT2D eigenvalue weighted by Gasteiger charge is 2.18. The third-order valence-corrected chi connectivity index (χ3v) is 3.87. The minimum Gasteiger partial charge on any atom is -0.396 e. The fourth-order valence-corrected chi connectivity index (χ4v) is 2.84. The quantitative estimate of drug-likeness (QED) is 0.826. The lowest BCUT2D eigenvalue weighted by Gasteiger charge is -2.22. The summed E-state index contributed by atoms with van der Waals surface area (Å²) in [5.41, 5.74) is 6.52. The third kappa shape index (κ3) is 2.94. The van der Waals surface area contributed by atoms with Crippen LogP contribution in [0.5, 0.6) is 0 Å². The minimum atomic E-state index is 0.193. The van der Waals surface area contributed by atoms with E-state index in [1.807, 2.05) is 6.07 Å². The van der Waals surface area contributed by atoms with Crippen molar-refractivity contribution in [2.45, 2.75) is 19.9 Å². The van der Waals surface area contributed by atoms with Gasteiger partial charge in [-0.25, -0.2) is 4.98 Å². The number of hydrogen-bond acceptors (Lipinski definition) is 4. The zero-order chi connectivity index (χ0) is 13.1. The molecular weight excluding hydrogens is 266 g/mol. The van der Waals surface area contributed by atoms with E-state index in [2.05, 4.69) is 35.6 Å². The molecule has 0 aliphatic heterocycles. The molecule has 2 heterocycles. The Labute approximate surface area is 116 Å². The summed E-state index contributed by atoms with van der Waals surface area (Å²) >= 11 is 7.63. The van der Waals surface area contributed by atoms with E-state index in [4.69, 9.17) is 17.3 Å². The molecule has 0 saturated heterocycles. The van der Waals surface area contributed by atoms with E-state index >= 15 is 0 Å². The van der Waals surface area contributed by atoms with E-state index in [-0.39, 0.29) is 6.04 Å². The number of nitrogens with zero attached hydrogens (tertiary/aromatic N) is 1. The summed E-state index contributed by atoms with van der Waals surface area (Å²) in [4.78, 5) is 5.51. The lowest BCUT2D eigenvalue weighted by Crippen LogP contribution is -2.17. The molecule has 1 atom stereocenters. The normalized spacial score (nSPS) is 12.7. The maximum Gasteiger partial charge on any atom is 0.151 e. The van der Waals surface area contributed by atoms with E-state index in [0.717, 1.165) is 0 Å². The van der Waals surface area contributed by atoms with Crippen LogP contribution < -0.4 is 11.1 Å². The Bertz CT molecular complexity index is 511. The van der Waals surface area contributed by atoms with E-state index in [9.17, 15) is 0 Å². The van der Waals surface area contributed by atoms with Crippen molar-refractivity contribution in [3.8, 4) is 0 Å². The molecule has 5 heteroatoms. The molecule has 18 heavy (non-hydrogen) atoms. The van der Waals surface area contributed by atoms with Crippen LogP contribution in [-0.2, 0) is 0 Å². The predicted octanol–water partition coefficient (Wildman–Crippen LogP) is 4.19. The molecule has 0 saturated carbocycles. The molecule has 0 aliphatic rings. The summed E-state index contributed by atoms with van der Waals surface area (Å²) in [7, 11) is 0. The van der Waals surface area contributed by atoms with Crippen LogP contribution in [0.3, 0.4) is 0 Å². The van der Waals surface area contributed by atoms with Crippen LogP contribution in [0.15, 0.2) is 29.6 Å². The van der Waals surface area contributed by atoms with Gasteiger partial charge in [0, 0.05) is 4.88 Å². The van der Waals surface area contributed by atoms with Crippen LogP contribution in [0.4, 0.5) is 11.5 Å². The number of nitrogens with one attached hydrogen (secondary N) is 1. The number of halogens is 1. The van der Waals surface area contributed by atoms with Crippen LogP contribution >= 0.6 is 22.9 Å². The highest BCUT2D eigenvalue weighted by molar-refractivity contribution is 7.10. The van der Waals surface area contributed by atoms with Crippen LogP contribution in [0, 0.1) is 5.92 Å². The second kappa shape index (κ2) is 5.59. The molecule has 0 amide bonds. The first-order valence-electron chi connectivity index (χ1n) is 5.80. The predicted molar refractivity (Wildman–Crippen MR) is 79.2 cm³/mol. The summed E-state index contributed by atoms with van der Waals surface area (Å²) in [5, 5.41) is 5.90. The Morgan fingerprint density at radius 2 is 2.11 bits per heavy atom. The van der Waals surface area contributed by atoms with E-state index in [1.54, 1.807) is 23.5 Å². The largest absolute Gasteiger partial charge is 0.396 e. The molecule has 0 radical (unpaired) electrons. The SMILES string of the molecule is CC(C)C(Nc1nc(Cl)ccc1N)c1cccs1. The third-order valence-electron chi connectivity index (χ3n) is 2.70. The molecule has 0 aliphatic carbocycles. The summed E-state index contributed by atoms with van der Waals surface area (Å²) in [6, 6.07) is 7.81. The van der Waals surface area contributed by atoms with Crippen molar-refractivity contribution < 1.29 is 0 Å². The van der Waals surface area contributed by atoms with Crippen LogP contribution in [0.2, 0.25) is 5.15 Å². The van der Waals surface area contributed by atoms with Crippen molar-refractivity contribution >= 4 is 34.4 Å².